The highest BCUT2D eigenvalue weighted by molar-refractivity contribution is 5.69. The molecule has 4 rings (SSSR count). The number of anilines is 1. The van der Waals surface area contributed by atoms with Gasteiger partial charge in [0.15, 0.2) is 0 Å². The molecule has 1 heterocycles. The van der Waals surface area contributed by atoms with Gasteiger partial charge in [0.25, 0.3) is 0 Å². The van der Waals surface area contributed by atoms with Crippen LogP contribution in [0.2, 0.25) is 0 Å². The highest BCUT2D eigenvalue weighted by Gasteiger charge is 2.42. The average molecular weight is 265 g/mol. The SMILES string of the molecule is Cc1c(C)c2c(c(C)c1O)[C@@H]1c3ccccc3N[C@@H]1C2. The van der Waals surface area contributed by atoms with E-state index in [1.165, 1.54) is 27.9 Å². The van der Waals surface area contributed by atoms with E-state index in [1.807, 2.05) is 6.92 Å². The number of hydrogen-bond donors (Lipinski definition) is 2. The van der Waals surface area contributed by atoms with Crippen molar-refractivity contribution in [3.63, 3.8) is 0 Å². The quantitative estimate of drug-likeness (QED) is 0.759. The van der Waals surface area contributed by atoms with E-state index in [-0.39, 0.29) is 0 Å². The Kier molecular flexibility index (Phi) is 2.24. The highest BCUT2D eigenvalue weighted by atomic mass is 16.3. The van der Waals surface area contributed by atoms with E-state index >= 15 is 0 Å². The van der Waals surface area contributed by atoms with E-state index in [9.17, 15) is 5.11 Å². The molecule has 0 fully saturated rings. The van der Waals surface area contributed by atoms with Crippen molar-refractivity contribution in [1.82, 2.24) is 0 Å². The van der Waals surface area contributed by atoms with Crippen molar-refractivity contribution < 1.29 is 5.11 Å². The number of benzene rings is 2. The second kappa shape index (κ2) is 3.78. The Morgan fingerprint density at radius 1 is 1.05 bits per heavy atom. The lowest BCUT2D eigenvalue weighted by Gasteiger charge is -2.18. The molecule has 1 aliphatic carbocycles. The predicted molar refractivity (Wildman–Crippen MR) is 81.7 cm³/mol. The van der Waals surface area contributed by atoms with Gasteiger partial charge in [-0.1, -0.05) is 18.2 Å². The van der Waals surface area contributed by atoms with Crippen LogP contribution < -0.4 is 5.32 Å². The Balaban J connectivity index is 2.00. The summed E-state index contributed by atoms with van der Waals surface area (Å²) in [6.07, 6.45) is 1.06. The third kappa shape index (κ3) is 1.29. The maximum atomic E-state index is 10.4. The Morgan fingerprint density at radius 3 is 2.60 bits per heavy atom. The number of hydrogen-bond acceptors (Lipinski definition) is 2. The van der Waals surface area contributed by atoms with Gasteiger partial charge in [0.05, 0.1) is 0 Å². The van der Waals surface area contributed by atoms with Crippen molar-refractivity contribution in [3.05, 3.63) is 57.6 Å². The van der Waals surface area contributed by atoms with Crippen molar-refractivity contribution in [3.8, 4) is 5.75 Å². The molecule has 0 aromatic heterocycles. The molecule has 20 heavy (non-hydrogen) atoms. The van der Waals surface area contributed by atoms with Gasteiger partial charge in [-0.2, -0.15) is 0 Å². The standard InChI is InChI=1S/C18H19NO/c1-9-10(2)18(20)11(3)16-13(9)8-15-17(16)12-6-4-5-7-14(12)19-15/h4-7,15,17,19-20H,8H2,1-3H3/t15-,17-/m1/s1. The van der Waals surface area contributed by atoms with Crippen LogP contribution in [0.25, 0.3) is 0 Å². The zero-order chi connectivity index (χ0) is 14.0. The molecule has 0 saturated heterocycles. The first-order valence-corrected chi connectivity index (χ1v) is 7.26. The maximum absolute atomic E-state index is 10.4. The Morgan fingerprint density at radius 2 is 1.80 bits per heavy atom. The molecule has 0 radical (unpaired) electrons. The van der Waals surface area contributed by atoms with Crippen LogP contribution in [0.15, 0.2) is 24.3 Å². The van der Waals surface area contributed by atoms with Crippen LogP contribution in [0.4, 0.5) is 5.69 Å². The fourth-order valence-electron chi connectivity index (χ4n) is 4.07. The first-order chi connectivity index (χ1) is 9.59. The summed E-state index contributed by atoms with van der Waals surface area (Å²) < 4.78 is 0. The minimum absolute atomic E-state index is 0.395. The van der Waals surface area contributed by atoms with Crippen LogP contribution >= 0.6 is 0 Å². The first kappa shape index (κ1) is 11.8. The van der Waals surface area contributed by atoms with Crippen LogP contribution in [0.3, 0.4) is 0 Å². The molecule has 2 aromatic rings. The van der Waals surface area contributed by atoms with Gasteiger partial charge in [0, 0.05) is 17.6 Å². The molecule has 1 aliphatic heterocycles. The second-order valence-corrected chi connectivity index (χ2v) is 6.14. The first-order valence-electron chi connectivity index (χ1n) is 7.26. The van der Waals surface area contributed by atoms with Crippen LogP contribution in [0.5, 0.6) is 5.75 Å². The van der Waals surface area contributed by atoms with Crippen molar-refractivity contribution in [2.24, 2.45) is 0 Å². The molecular formula is C18H19NO. The van der Waals surface area contributed by atoms with Crippen molar-refractivity contribution >= 4 is 5.69 Å². The van der Waals surface area contributed by atoms with Gasteiger partial charge in [-0.3, -0.25) is 0 Å². The van der Waals surface area contributed by atoms with Crippen LogP contribution in [-0.2, 0) is 6.42 Å². The van der Waals surface area contributed by atoms with Gasteiger partial charge in [-0.05, 0) is 66.6 Å². The van der Waals surface area contributed by atoms with E-state index in [0.717, 1.165) is 17.5 Å². The van der Waals surface area contributed by atoms with Gasteiger partial charge in [-0.15, -0.1) is 0 Å². The Hall–Kier alpha value is -1.96. The summed E-state index contributed by atoms with van der Waals surface area (Å²) in [5, 5.41) is 14.1. The lowest BCUT2D eigenvalue weighted by atomic mass is 9.87. The summed E-state index contributed by atoms with van der Waals surface area (Å²) in [7, 11) is 0. The number of para-hydroxylation sites is 1. The molecule has 2 heteroatoms. The van der Waals surface area contributed by atoms with E-state index in [0.29, 0.717) is 17.7 Å². The lowest BCUT2D eigenvalue weighted by molar-refractivity contribution is 0.465. The van der Waals surface area contributed by atoms with Gasteiger partial charge in [0.1, 0.15) is 5.75 Å². The average Bonchev–Trinajstić information content (AvgIpc) is 2.98. The number of nitrogens with one attached hydrogen (secondary N) is 1. The van der Waals surface area contributed by atoms with E-state index in [1.54, 1.807) is 0 Å². The maximum Gasteiger partial charge on any atom is 0.121 e. The fraction of sp³-hybridized carbons (Fsp3) is 0.333. The third-order valence-corrected chi connectivity index (χ3v) is 5.23. The summed E-state index contributed by atoms with van der Waals surface area (Å²) in [5.41, 5.74) is 8.79. The van der Waals surface area contributed by atoms with Crippen LogP contribution in [0.1, 0.15) is 39.3 Å². The molecule has 0 unspecified atom stereocenters. The summed E-state index contributed by atoms with van der Waals surface area (Å²) in [6, 6.07) is 9.01. The van der Waals surface area contributed by atoms with Gasteiger partial charge in [0.2, 0.25) is 0 Å². The Bertz CT molecular complexity index is 733. The molecule has 0 bridgehead atoms. The smallest absolute Gasteiger partial charge is 0.121 e. The number of phenols is 1. The van der Waals surface area contributed by atoms with Crippen LogP contribution in [-0.4, -0.2) is 11.1 Å². The molecule has 2 atom stereocenters. The topological polar surface area (TPSA) is 32.3 Å². The predicted octanol–water partition coefficient (Wildman–Crippen LogP) is 3.80. The molecular weight excluding hydrogens is 246 g/mol. The van der Waals surface area contributed by atoms with E-state index < -0.39 is 0 Å². The molecule has 2 aromatic carbocycles. The van der Waals surface area contributed by atoms with Crippen molar-refractivity contribution in [2.45, 2.75) is 39.2 Å². The van der Waals surface area contributed by atoms with Crippen molar-refractivity contribution in [1.29, 1.82) is 0 Å². The van der Waals surface area contributed by atoms with Gasteiger partial charge < -0.3 is 10.4 Å². The minimum Gasteiger partial charge on any atom is -0.507 e. The fourth-order valence-corrected chi connectivity index (χ4v) is 4.07. The largest absolute Gasteiger partial charge is 0.507 e. The number of fused-ring (bicyclic) bond motifs is 5. The summed E-state index contributed by atoms with van der Waals surface area (Å²) in [5.74, 6) is 0.873. The van der Waals surface area contributed by atoms with E-state index in [4.69, 9.17) is 0 Å². The molecule has 2 nitrogen and oxygen atoms in total. The highest BCUT2D eigenvalue weighted by Crippen LogP contribution is 2.51. The monoisotopic (exact) mass is 265 g/mol. The van der Waals surface area contributed by atoms with Gasteiger partial charge in [-0.25, -0.2) is 0 Å². The molecule has 0 spiro atoms. The third-order valence-electron chi connectivity index (χ3n) is 5.23. The summed E-state index contributed by atoms with van der Waals surface area (Å²) in [4.78, 5) is 0. The normalized spacial score (nSPS) is 22.1. The van der Waals surface area contributed by atoms with Gasteiger partial charge >= 0.3 is 0 Å². The Labute approximate surface area is 119 Å². The number of aromatic hydroxyl groups is 1. The molecule has 2 aliphatic rings. The molecule has 2 N–H and O–H groups in total. The zero-order valence-electron chi connectivity index (χ0n) is 12.1. The molecule has 0 saturated carbocycles. The number of phenolic OH excluding ortho intramolecular Hbond substituents is 1. The van der Waals surface area contributed by atoms with Crippen LogP contribution in [0, 0.1) is 20.8 Å². The lowest BCUT2D eigenvalue weighted by Crippen LogP contribution is -2.17. The van der Waals surface area contributed by atoms with E-state index in [2.05, 4.69) is 43.4 Å². The zero-order valence-corrected chi connectivity index (χ0v) is 12.1. The molecule has 0 amide bonds. The number of rotatable bonds is 0. The van der Waals surface area contributed by atoms with Crippen molar-refractivity contribution in [2.75, 3.05) is 5.32 Å². The molecule has 102 valence electrons. The minimum atomic E-state index is 0.395. The summed E-state index contributed by atoms with van der Waals surface area (Å²) in [6.45, 7) is 6.22. The summed E-state index contributed by atoms with van der Waals surface area (Å²) >= 11 is 0. The second-order valence-electron chi connectivity index (χ2n) is 6.14.